The van der Waals surface area contributed by atoms with Gasteiger partial charge in [-0.2, -0.15) is 4.37 Å². The second-order valence-corrected chi connectivity index (χ2v) is 5.13. The summed E-state index contributed by atoms with van der Waals surface area (Å²) in [6, 6.07) is 0. The smallest absolute Gasteiger partial charge is 0.197 e. The van der Waals surface area contributed by atoms with E-state index >= 15 is 0 Å². The Morgan fingerprint density at radius 3 is 3.00 bits per heavy atom. The van der Waals surface area contributed by atoms with Crippen molar-refractivity contribution in [1.82, 2.24) is 4.37 Å². The van der Waals surface area contributed by atoms with E-state index in [0.29, 0.717) is 12.4 Å². The molecule has 1 atom stereocenters. The summed E-state index contributed by atoms with van der Waals surface area (Å²) in [6.45, 7) is 5.84. The van der Waals surface area contributed by atoms with E-state index in [2.05, 4.69) is 16.6 Å². The van der Waals surface area contributed by atoms with Crippen LogP contribution in [-0.2, 0) is 0 Å². The van der Waals surface area contributed by atoms with E-state index in [1.54, 1.807) is 0 Å². The van der Waals surface area contributed by atoms with Crippen LogP contribution in [0.1, 0.15) is 26.7 Å². The lowest BCUT2D eigenvalue weighted by atomic mass is 10.1. The van der Waals surface area contributed by atoms with Gasteiger partial charge in [-0.1, -0.05) is 6.92 Å². The van der Waals surface area contributed by atoms with E-state index in [-0.39, 0.29) is 0 Å². The Morgan fingerprint density at radius 1 is 1.62 bits per heavy atom. The van der Waals surface area contributed by atoms with Crippen molar-refractivity contribution in [3.05, 3.63) is 0 Å². The number of nitrogen functional groups attached to an aromatic ring is 1. The van der Waals surface area contributed by atoms with E-state index in [1.807, 2.05) is 6.92 Å². The Balaban J connectivity index is 1.92. The van der Waals surface area contributed by atoms with Crippen molar-refractivity contribution in [2.24, 2.45) is 11.8 Å². The molecule has 0 spiro atoms. The second kappa shape index (κ2) is 4.91. The Kier molecular flexibility index (Phi) is 3.53. The van der Waals surface area contributed by atoms with Gasteiger partial charge < -0.3 is 15.8 Å². The fraction of sp³-hybridized carbons (Fsp3) is 0.727. The predicted octanol–water partition coefficient (Wildman–Crippen LogP) is 2.58. The van der Waals surface area contributed by atoms with E-state index in [9.17, 15) is 0 Å². The normalized spacial score (nSPS) is 17.1. The molecule has 1 unspecified atom stereocenters. The second-order valence-electron chi connectivity index (χ2n) is 4.35. The van der Waals surface area contributed by atoms with Crippen molar-refractivity contribution in [3.8, 4) is 5.75 Å². The van der Waals surface area contributed by atoms with Gasteiger partial charge >= 0.3 is 0 Å². The number of ether oxygens (including phenoxy) is 1. The summed E-state index contributed by atoms with van der Waals surface area (Å²) >= 11 is 1.38. The van der Waals surface area contributed by atoms with Crippen molar-refractivity contribution in [2.45, 2.75) is 26.7 Å². The minimum Gasteiger partial charge on any atom is -0.487 e. The third-order valence-electron chi connectivity index (χ3n) is 2.97. The van der Waals surface area contributed by atoms with Crippen molar-refractivity contribution in [3.63, 3.8) is 0 Å². The van der Waals surface area contributed by atoms with E-state index in [1.165, 1.54) is 24.4 Å². The van der Waals surface area contributed by atoms with Crippen LogP contribution in [-0.4, -0.2) is 17.5 Å². The molecule has 2 rings (SSSR count). The molecule has 3 N–H and O–H groups in total. The molecule has 0 saturated heterocycles. The Bertz CT molecular complexity index is 349. The Morgan fingerprint density at radius 2 is 2.38 bits per heavy atom. The van der Waals surface area contributed by atoms with Gasteiger partial charge in [0.15, 0.2) is 16.6 Å². The number of nitrogens with two attached hydrogens (primary N) is 1. The van der Waals surface area contributed by atoms with Gasteiger partial charge in [0.25, 0.3) is 0 Å². The maximum atomic E-state index is 5.74. The van der Waals surface area contributed by atoms with Crippen molar-refractivity contribution >= 4 is 22.4 Å². The molecule has 5 heteroatoms. The topological polar surface area (TPSA) is 60.2 Å². The van der Waals surface area contributed by atoms with Crippen molar-refractivity contribution in [2.75, 3.05) is 24.2 Å². The average Bonchev–Trinajstić information content (AvgIpc) is 3.05. The highest BCUT2D eigenvalue weighted by atomic mass is 32.1. The monoisotopic (exact) mass is 241 g/mol. The van der Waals surface area contributed by atoms with Crippen LogP contribution in [0.25, 0.3) is 0 Å². The van der Waals surface area contributed by atoms with Crippen LogP contribution >= 0.6 is 11.5 Å². The largest absolute Gasteiger partial charge is 0.487 e. The quantitative estimate of drug-likeness (QED) is 0.803. The van der Waals surface area contributed by atoms with Crippen LogP contribution in [0, 0.1) is 11.8 Å². The zero-order valence-corrected chi connectivity index (χ0v) is 10.6. The zero-order chi connectivity index (χ0) is 11.5. The number of nitrogens with zero attached hydrogens (tertiary/aromatic N) is 1. The molecule has 1 aromatic rings. The van der Waals surface area contributed by atoms with Crippen LogP contribution in [0.15, 0.2) is 0 Å². The summed E-state index contributed by atoms with van der Waals surface area (Å²) in [5.74, 6) is 2.84. The molecule has 16 heavy (non-hydrogen) atoms. The van der Waals surface area contributed by atoms with Crippen LogP contribution in [0.2, 0.25) is 0 Å². The third-order valence-corrected chi connectivity index (χ3v) is 3.77. The number of anilines is 2. The zero-order valence-electron chi connectivity index (χ0n) is 9.82. The van der Waals surface area contributed by atoms with E-state index < -0.39 is 0 Å². The summed E-state index contributed by atoms with van der Waals surface area (Å²) < 4.78 is 9.58. The Labute approximate surface area is 100 Å². The van der Waals surface area contributed by atoms with Crippen molar-refractivity contribution < 1.29 is 4.74 Å². The lowest BCUT2D eigenvalue weighted by molar-refractivity contribution is 0.344. The maximum Gasteiger partial charge on any atom is 0.197 e. The molecule has 90 valence electrons. The van der Waals surface area contributed by atoms with Gasteiger partial charge in [0, 0.05) is 6.54 Å². The lowest BCUT2D eigenvalue weighted by Crippen LogP contribution is -2.12. The lowest BCUT2D eigenvalue weighted by Gasteiger charge is -2.12. The summed E-state index contributed by atoms with van der Waals surface area (Å²) in [7, 11) is 0. The number of rotatable bonds is 6. The number of hydrogen-bond donors (Lipinski definition) is 2. The molecular weight excluding hydrogens is 222 g/mol. The van der Waals surface area contributed by atoms with Gasteiger partial charge in [-0.05, 0) is 43.1 Å². The number of aromatic nitrogens is 1. The van der Waals surface area contributed by atoms with E-state index in [4.69, 9.17) is 10.5 Å². The molecule has 1 fully saturated rings. The minimum absolute atomic E-state index is 0.494. The highest BCUT2D eigenvalue weighted by Crippen LogP contribution is 2.38. The number of nitrogens with one attached hydrogen (secondary N) is 1. The summed E-state index contributed by atoms with van der Waals surface area (Å²) in [5.41, 5.74) is 5.74. The molecule has 1 aliphatic carbocycles. The van der Waals surface area contributed by atoms with Crippen LogP contribution in [0.3, 0.4) is 0 Å². The van der Waals surface area contributed by atoms with Gasteiger partial charge in [0.1, 0.15) is 0 Å². The van der Waals surface area contributed by atoms with Gasteiger partial charge in [-0.15, -0.1) is 0 Å². The van der Waals surface area contributed by atoms with Gasteiger partial charge in [0.2, 0.25) is 0 Å². The van der Waals surface area contributed by atoms with Crippen molar-refractivity contribution in [1.29, 1.82) is 0 Å². The molecule has 1 aliphatic rings. The maximum absolute atomic E-state index is 5.74. The number of hydrogen-bond acceptors (Lipinski definition) is 5. The van der Waals surface area contributed by atoms with Gasteiger partial charge in [0.05, 0.1) is 6.61 Å². The fourth-order valence-corrected chi connectivity index (χ4v) is 2.44. The van der Waals surface area contributed by atoms with Gasteiger partial charge in [-0.25, -0.2) is 0 Å². The highest BCUT2D eigenvalue weighted by Gasteiger charge is 2.27. The molecule has 0 amide bonds. The molecule has 1 saturated carbocycles. The SMILES string of the molecule is CCOc1c(N)nsc1NCC(C)C1CC1. The summed E-state index contributed by atoms with van der Waals surface area (Å²) in [4.78, 5) is 0. The molecule has 0 bridgehead atoms. The third kappa shape index (κ3) is 2.58. The first kappa shape index (κ1) is 11.5. The molecule has 4 nitrogen and oxygen atoms in total. The molecule has 0 aliphatic heterocycles. The first-order valence-electron chi connectivity index (χ1n) is 5.84. The molecule has 1 aromatic heterocycles. The standard InChI is InChI=1S/C11H19N3OS/c1-3-15-9-10(12)14-16-11(9)13-6-7(2)8-4-5-8/h7-8,13H,3-6H2,1-2H3,(H2,12,14). The molecule has 0 radical (unpaired) electrons. The first-order valence-corrected chi connectivity index (χ1v) is 6.61. The fourth-order valence-electron chi connectivity index (χ4n) is 1.78. The molecule has 0 aromatic carbocycles. The Hall–Kier alpha value is -0.970. The van der Waals surface area contributed by atoms with Gasteiger partial charge in [-0.3, -0.25) is 0 Å². The van der Waals surface area contributed by atoms with E-state index in [0.717, 1.165) is 29.1 Å². The summed E-state index contributed by atoms with van der Waals surface area (Å²) in [6.07, 6.45) is 2.76. The summed E-state index contributed by atoms with van der Waals surface area (Å²) in [5, 5.41) is 4.36. The van der Waals surface area contributed by atoms with Crippen LogP contribution in [0.5, 0.6) is 5.75 Å². The predicted molar refractivity (Wildman–Crippen MR) is 68.1 cm³/mol. The molecule has 1 heterocycles. The minimum atomic E-state index is 0.494. The first-order chi connectivity index (χ1) is 7.72. The average molecular weight is 241 g/mol. The highest BCUT2D eigenvalue weighted by molar-refractivity contribution is 7.11. The molecular formula is C11H19N3OS. The van der Waals surface area contributed by atoms with Crippen LogP contribution < -0.4 is 15.8 Å². The van der Waals surface area contributed by atoms with Crippen LogP contribution in [0.4, 0.5) is 10.8 Å².